The van der Waals surface area contributed by atoms with E-state index in [4.69, 9.17) is 0 Å². The van der Waals surface area contributed by atoms with Gasteiger partial charge in [-0.15, -0.1) is 0 Å². The van der Waals surface area contributed by atoms with Gasteiger partial charge in [-0.05, 0) is 57.8 Å². The van der Waals surface area contributed by atoms with E-state index in [2.05, 4.69) is 44.3 Å². The van der Waals surface area contributed by atoms with Gasteiger partial charge in [0.25, 0.3) is 0 Å². The third-order valence-corrected chi connectivity index (χ3v) is 3.34. The molecule has 102 valence electrons. The summed E-state index contributed by atoms with van der Waals surface area (Å²) in [5.41, 5.74) is 3.16. The molecule has 0 radical (unpaired) electrons. The van der Waals surface area contributed by atoms with E-state index in [-0.39, 0.29) is 0 Å². The molecular formula is C16H27NO. The van der Waals surface area contributed by atoms with Gasteiger partial charge in [0.15, 0.2) is 0 Å². The molecule has 0 aliphatic rings. The topological polar surface area (TPSA) is 32.3 Å². The highest BCUT2D eigenvalue weighted by Crippen LogP contribution is 2.20. The molecule has 0 bridgehead atoms. The van der Waals surface area contributed by atoms with Crippen LogP contribution < -0.4 is 5.32 Å². The monoisotopic (exact) mass is 249 g/mol. The Labute approximate surface area is 111 Å². The maximum atomic E-state index is 10.4. The van der Waals surface area contributed by atoms with E-state index < -0.39 is 5.60 Å². The van der Waals surface area contributed by atoms with Crippen LogP contribution in [0.5, 0.6) is 0 Å². The second-order valence-corrected chi connectivity index (χ2v) is 5.60. The zero-order valence-electron chi connectivity index (χ0n) is 12.2. The van der Waals surface area contributed by atoms with Crippen LogP contribution in [0.15, 0.2) is 18.2 Å². The third kappa shape index (κ3) is 5.19. The molecule has 18 heavy (non-hydrogen) atoms. The van der Waals surface area contributed by atoms with Gasteiger partial charge in [0.1, 0.15) is 0 Å². The molecular weight excluding hydrogens is 222 g/mol. The summed E-state index contributed by atoms with van der Waals surface area (Å²) >= 11 is 0. The molecule has 1 aromatic carbocycles. The van der Waals surface area contributed by atoms with Crippen molar-refractivity contribution in [1.29, 1.82) is 0 Å². The lowest BCUT2D eigenvalue weighted by Crippen LogP contribution is -2.32. The van der Waals surface area contributed by atoms with E-state index in [1.807, 2.05) is 6.92 Å². The normalized spacial score (nSPS) is 14.5. The van der Waals surface area contributed by atoms with Crippen molar-refractivity contribution in [2.75, 3.05) is 13.1 Å². The van der Waals surface area contributed by atoms with Gasteiger partial charge < -0.3 is 10.4 Å². The molecule has 2 nitrogen and oxygen atoms in total. The first-order valence-corrected chi connectivity index (χ1v) is 6.94. The molecule has 1 rings (SSSR count). The molecule has 0 aliphatic heterocycles. The van der Waals surface area contributed by atoms with Crippen LogP contribution in [0.3, 0.4) is 0 Å². The van der Waals surface area contributed by atoms with Crippen LogP contribution in [0.25, 0.3) is 0 Å². The molecule has 0 saturated carbocycles. The van der Waals surface area contributed by atoms with E-state index in [1.165, 1.54) is 16.7 Å². The van der Waals surface area contributed by atoms with Crippen LogP contribution in [-0.4, -0.2) is 23.8 Å². The van der Waals surface area contributed by atoms with Crippen LogP contribution >= 0.6 is 0 Å². The standard InChI is InChI=1S/C16H27NO/c1-5-9-17-10-8-16(4,18)12-15-11-13(2)6-7-14(15)3/h6-7,11,17-18H,5,8-10,12H2,1-4H3. The van der Waals surface area contributed by atoms with Crippen molar-refractivity contribution in [1.82, 2.24) is 5.32 Å². The molecule has 1 unspecified atom stereocenters. The fourth-order valence-corrected chi connectivity index (χ4v) is 2.15. The van der Waals surface area contributed by atoms with Gasteiger partial charge >= 0.3 is 0 Å². The second kappa shape index (κ2) is 6.91. The largest absolute Gasteiger partial charge is 0.390 e. The van der Waals surface area contributed by atoms with Crippen LogP contribution in [-0.2, 0) is 6.42 Å². The fraction of sp³-hybridized carbons (Fsp3) is 0.625. The molecule has 0 fully saturated rings. The molecule has 0 spiro atoms. The Hall–Kier alpha value is -0.860. The number of nitrogens with one attached hydrogen (secondary N) is 1. The molecule has 0 saturated heterocycles. The summed E-state index contributed by atoms with van der Waals surface area (Å²) in [6.45, 7) is 10.2. The van der Waals surface area contributed by atoms with E-state index in [1.54, 1.807) is 0 Å². The number of hydrogen-bond acceptors (Lipinski definition) is 2. The molecule has 0 aromatic heterocycles. The zero-order valence-corrected chi connectivity index (χ0v) is 12.2. The molecule has 2 heteroatoms. The number of aliphatic hydroxyl groups is 1. The summed E-state index contributed by atoms with van der Waals surface area (Å²) in [7, 11) is 0. The Balaban J connectivity index is 2.55. The molecule has 1 aromatic rings. The van der Waals surface area contributed by atoms with Crippen molar-refractivity contribution >= 4 is 0 Å². The maximum Gasteiger partial charge on any atom is 0.0672 e. The van der Waals surface area contributed by atoms with E-state index >= 15 is 0 Å². The second-order valence-electron chi connectivity index (χ2n) is 5.60. The van der Waals surface area contributed by atoms with Gasteiger partial charge in [0.2, 0.25) is 0 Å². The van der Waals surface area contributed by atoms with Gasteiger partial charge in [-0.3, -0.25) is 0 Å². The Bertz CT molecular complexity index is 371. The van der Waals surface area contributed by atoms with Gasteiger partial charge in [-0.2, -0.15) is 0 Å². The Morgan fingerprint density at radius 1 is 1.22 bits per heavy atom. The quantitative estimate of drug-likeness (QED) is 0.728. The average molecular weight is 249 g/mol. The maximum absolute atomic E-state index is 10.4. The summed E-state index contributed by atoms with van der Waals surface area (Å²) in [6.07, 6.45) is 2.66. The molecule has 2 N–H and O–H groups in total. The highest BCUT2D eigenvalue weighted by Gasteiger charge is 2.21. The Kier molecular flexibility index (Phi) is 5.83. The first-order valence-electron chi connectivity index (χ1n) is 6.94. The zero-order chi connectivity index (χ0) is 13.6. The van der Waals surface area contributed by atoms with Gasteiger partial charge in [-0.25, -0.2) is 0 Å². The van der Waals surface area contributed by atoms with Crippen LogP contribution in [0.4, 0.5) is 0 Å². The van der Waals surface area contributed by atoms with Crippen molar-refractivity contribution in [2.24, 2.45) is 0 Å². The SMILES string of the molecule is CCCNCCC(C)(O)Cc1cc(C)ccc1C. The van der Waals surface area contributed by atoms with Crippen molar-refractivity contribution in [3.05, 3.63) is 34.9 Å². The molecule has 0 heterocycles. The average Bonchev–Trinajstić information content (AvgIpc) is 2.29. The molecule has 0 amide bonds. The molecule has 0 aliphatic carbocycles. The van der Waals surface area contributed by atoms with Crippen molar-refractivity contribution in [3.63, 3.8) is 0 Å². The summed E-state index contributed by atoms with van der Waals surface area (Å²) in [5, 5.41) is 13.8. The minimum absolute atomic E-state index is 0.626. The minimum atomic E-state index is -0.626. The van der Waals surface area contributed by atoms with Crippen molar-refractivity contribution in [2.45, 2.75) is 52.6 Å². The predicted octanol–water partition coefficient (Wildman–Crippen LogP) is 2.99. The number of benzene rings is 1. The molecule has 1 atom stereocenters. The lowest BCUT2D eigenvalue weighted by atomic mass is 9.90. The lowest BCUT2D eigenvalue weighted by molar-refractivity contribution is 0.0514. The van der Waals surface area contributed by atoms with E-state index in [0.717, 1.165) is 32.4 Å². The van der Waals surface area contributed by atoms with Crippen LogP contribution in [0, 0.1) is 13.8 Å². The summed E-state index contributed by atoms with van der Waals surface area (Å²) in [5.74, 6) is 0. The Morgan fingerprint density at radius 3 is 2.61 bits per heavy atom. The fourth-order valence-electron chi connectivity index (χ4n) is 2.15. The summed E-state index contributed by atoms with van der Waals surface area (Å²) < 4.78 is 0. The predicted molar refractivity (Wildman–Crippen MR) is 78.0 cm³/mol. The van der Waals surface area contributed by atoms with Gasteiger partial charge in [0.05, 0.1) is 5.60 Å². The van der Waals surface area contributed by atoms with Gasteiger partial charge in [-0.1, -0.05) is 30.7 Å². The summed E-state index contributed by atoms with van der Waals surface area (Å²) in [4.78, 5) is 0. The highest BCUT2D eigenvalue weighted by molar-refractivity contribution is 5.31. The van der Waals surface area contributed by atoms with Crippen LogP contribution in [0.2, 0.25) is 0 Å². The van der Waals surface area contributed by atoms with Crippen molar-refractivity contribution < 1.29 is 5.11 Å². The summed E-state index contributed by atoms with van der Waals surface area (Å²) in [6, 6.07) is 6.44. The van der Waals surface area contributed by atoms with Crippen molar-refractivity contribution in [3.8, 4) is 0 Å². The van der Waals surface area contributed by atoms with Crippen LogP contribution in [0.1, 0.15) is 43.4 Å². The first kappa shape index (κ1) is 15.2. The highest BCUT2D eigenvalue weighted by atomic mass is 16.3. The number of hydrogen-bond donors (Lipinski definition) is 2. The third-order valence-electron chi connectivity index (χ3n) is 3.34. The lowest BCUT2D eigenvalue weighted by Gasteiger charge is -2.24. The number of aryl methyl sites for hydroxylation is 2. The number of rotatable bonds is 7. The smallest absolute Gasteiger partial charge is 0.0672 e. The minimum Gasteiger partial charge on any atom is -0.390 e. The van der Waals surface area contributed by atoms with E-state index in [9.17, 15) is 5.11 Å². The first-order chi connectivity index (χ1) is 8.44. The Morgan fingerprint density at radius 2 is 1.94 bits per heavy atom. The van der Waals surface area contributed by atoms with Gasteiger partial charge in [0, 0.05) is 6.42 Å². The van der Waals surface area contributed by atoms with E-state index in [0.29, 0.717) is 0 Å².